The van der Waals surface area contributed by atoms with Crippen molar-refractivity contribution in [3.63, 3.8) is 0 Å². The van der Waals surface area contributed by atoms with Gasteiger partial charge in [-0.15, -0.1) is 0 Å². The molecule has 0 saturated carbocycles. The fraction of sp³-hybridized carbons (Fsp3) is 0.167. The van der Waals surface area contributed by atoms with Gasteiger partial charge in [0.1, 0.15) is 0 Å². The minimum atomic E-state index is 1.21. The van der Waals surface area contributed by atoms with Gasteiger partial charge >= 0.3 is 0 Å². The number of rotatable bonds is 1. The molecule has 2 aromatic rings. The first-order valence-electron chi connectivity index (χ1n) is 8.40. The Labute approximate surface area is 146 Å². The van der Waals surface area contributed by atoms with Crippen molar-refractivity contribution in [1.29, 1.82) is 0 Å². The van der Waals surface area contributed by atoms with E-state index in [-0.39, 0.29) is 0 Å². The van der Waals surface area contributed by atoms with Crippen molar-refractivity contribution in [2.75, 3.05) is 0 Å². The highest BCUT2D eigenvalue weighted by Gasteiger charge is 1.99. The highest BCUT2D eigenvalue weighted by molar-refractivity contribution is 5.66. The van der Waals surface area contributed by atoms with Crippen LogP contribution in [0.5, 0.6) is 0 Å². The van der Waals surface area contributed by atoms with E-state index < -0.39 is 0 Å². The lowest BCUT2D eigenvalue weighted by molar-refractivity contribution is 1.35. The summed E-state index contributed by atoms with van der Waals surface area (Å²) in [7, 11) is 0. The van der Waals surface area contributed by atoms with Gasteiger partial charge in [0.25, 0.3) is 0 Å². The Kier molecular flexibility index (Phi) is 6.57. The quantitative estimate of drug-likeness (QED) is 0.540. The van der Waals surface area contributed by atoms with Crippen molar-refractivity contribution in [2.45, 2.75) is 27.7 Å². The lowest BCUT2D eigenvalue weighted by Gasteiger charge is -2.05. The van der Waals surface area contributed by atoms with Crippen molar-refractivity contribution < 1.29 is 0 Å². The Morgan fingerprint density at radius 3 is 1.62 bits per heavy atom. The molecule has 0 fully saturated rings. The number of aryl methyl sites for hydroxylation is 3. The molecule has 0 radical (unpaired) electrons. The molecule has 0 aliphatic rings. The predicted molar refractivity (Wildman–Crippen MR) is 106 cm³/mol. The largest absolute Gasteiger partial charge is 0.0623 e. The topological polar surface area (TPSA) is 0 Å². The molecule has 122 valence electrons. The second-order valence-corrected chi connectivity index (χ2v) is 6.08. The number of hydrogen-bond acceptors (Lipinski definition) is 0. The fourth-order valence-corrected chi connectivity index (χ4v) is 2.47. The Morgan fingerprint density at radius 1 is 0.417 bits per heavy atom. The summed E-state index contributed by atoms with van der Waals surface area (Å²) < 4.78 is 0. The molecule has 0 aromatic heterocycles. The van der Waals surface area contributed by atoms with E-state index in [1.165, 1.54) is 33.4 Å². The normalized spacial score (nSPS) is 9.67. The molecule has 0 heteroatoms. The van der Waals surface area contributed by atoms with E-state index in [2.05, 4.69) is 113 Å². The monoisotopic (exact) mass is 314 g/mol. The molecule has 2 aromatic carbocycles. The summed E-state index contributed by atoms with van der Waals surface area (Å²) in [6.07, 6.45) is 0. The Morgan fingerprint density at radius 2 is 0.875 bits per heavy atom. The zero-order chi connectivity index (χ0) is 17.4. The zero-order valence-electron chi connectivity index (χ0n) is 15.1. The Hall–Kier alpha value is -2.60. The molecular formula is C24H26. The van der Waals surface area contributed by atoms with Crippen LogP contribution in [-0.4, -0.2) is 0 Å². The minimum absolute atomic E-state index is 1.21. The molecule has 0 nitrogen and oxygen atoms in total. The first-order valence-corrected chi connectivity index (χ1v) is 8.40. The molecule has 0 aliphatic carbocycles. The van der Waals surface area contributed by atoms with E-state index in [1.54, 1.807) is 0 Å². The summed E-state index contributed by atoms with van der Waals surface area (Å²) in [6, 6.07) is 29.8. The molecule has 0 amide bonds. The van der Waals surface area contributed by atoms with Crippen LogP contribution in [0.15, 0.2) is 84.9 Å². The fourth-order valence-electron chi connectivity index (χ4n) is 2.47. The van der Waals surface area contributed by atoms with Crippen molar-refractivity contribution in [2.24, 2.45) is 0 Å². The van der Waals surface area contributed by atoms with Gasteiger partial charge in [-0.3, -0.25) is 0 Å². The van der Waals surface area contributed by atoms with E-state index in [0.717, 1.165) is 0 Å². The van der Waals surface area contributed by atoms with E-state index >= 15 is 0 Å². The van der Waals surface area contributed by atoms with Crippen LogP contribution in [0.2, 0.25) is 0 Å². The highest BCUT2D eigenvalue weighted by Crippen LogP contribution is 2.22. The van der Waals surface area contributed by atoms with Crippen LogP contribution in [-0.2, 0) is 0 Å². The maximum atomic E-state index is 2.19. The van der Waals surface area contributed by atoms with Crippen LogP contribution in [0.3, 0.4) is 0 Å². The van der Waals surface area contributed by atoms with Crippen molar-refractivity contribution in [1.82, 2.24) is 0 Å². The maximum Gasteiger partial charge on any atom is -0.0152 e. The van der Waals surface area contributed by atoms with E-state index in [0.29, 0.717) is 0 Å². The molecule has 24 heavy (non-hydrogen) atoms. The van der Waals surface area contributed by atoms with Gasteiger partial charge in [-0.1, -0.05) is 84.9 Å². The molecule has 0 saturated heterocycles. The molecule has 0 bridgehead atoms. The smallest absolute Gasteiger partial charge is 0.0152 e. The summed E-state index contributed by atoms with van der Waals surface area (Å²) in [4.78, 5) is 0. The van der Waals surface area contributed by atoms with Gasteiger partial charge in [-0.2, -0.15) is 0 Å². The van der Waals surface area contributed by atoms with Crippen LogP contribution < -0.4 is 0 Å². The zero-order valence-corrected chi connectivity index (χ0v) is 15.1. The van der Waals surface area contributed by atoms with Gasteiger partial charge in [0, 0.05) is 0 Å². The lowest BCUT2D eigenvalue weighted by Crippen LogP contribution is -1.83. The molecule has 0 atom stereocenters. The third-order valence-corrected chi connectivity index (χ3v) is 4.34. The van der Waals surface area contributed by atoms with Gasteiger partial charge in [-0.05, 0) is 61.1 Å². The Bertz CT molecular complexity index is 813. The molecule has 0 unspecified atom stereocenters. The van der Waals surface area contributed by atoms with Crippen molar-refractivity contribution in [3.05, 3.63) is 107 Å². The van der Waals surface area contributed by atoms with E-state index in [9.17, 15) is 0 Å². The van der Waals surface area contributed by atoms with Crippen LogP contribution in [0.25, 0.3) is 11.1 Å². The molecule has 0 spiro atoms. The second kappa shape index (κ2) is 8.88. The van der Waals surface area contributed by atoms with Gasteiger partial charge in [-0.25, -0.2) is 0 Å². The second-order valence-electron chi connectivity index (χ2n) is 6.08. The lowest BCUT2D eigenvalue weighted by atomic mass is 10.00. The third kappa shape index (κ3) is 4.96. The Balaban J connectivity index is 2.75. The predicted octanol–water partition coefficient (Wildman–Crippen LogP) is 6.84. The van der Waals surface area contributed by atoms with Gasteiger partial charge in [0.05, 0.1) is 0 Å². The number of hydrogen-bond donors (Lipinski definition) is 0. The average Bonchev–Trinajstić information content (AvgIpc) is 2.58. The van der Waals surface area contributed by atoms with E-state index in [1.807, 2.05) is 0 Å². The molecule has 0 aliphatic heterocycles. The SMILES string of the molecule is Cc1ccccc(-c2cccccccc(C)c2C)cccc1C. The average molecular weight is 314 g/mol. The molecule has 0 N–H and O–H groups in total. The minimum Gasteiger partial charge on any atom is -0.0623 e. The molecule has 2 rings (SSSR count). The van der Waals surface area contributed by atoms with Crippen LogP contribution >= 0.6 is 0 Å². The van der Waals surface area contributed by atoms with Gasteiger partial charge < -0.3 is 0 Å². The van der Waals surface area contributed by atoms with Crippen LogP contribution in [0, 0.1) is 27.7 Å². The highest BCUT2D eigenvalue weighted by atomic mass is 14.0. The van der Waals surface area contributed by atoms with Gasteiger partial charge in [0.2, 0.25) is 0 Å². The van der Waals surface area contributed by atoms with E-state index in [4.69, 9.17) is 0 Å². The summed E-state index contributed by atoms with van der Waals surface area (Å²) in [5, 5.41) is 0. The summed E-state index contributed by atoms with van der Waals surface area (Å²) in [6.45, 7) is 8.64. The summed E-state index contributed by atoms with van der Waals surface area (Å²) >= 11 is 0. The third-order valence-electron chi connectivity index (χ3n) is 4.34. The van der Waals surface area contributed by atoms with Crippen LogP contribution in [0.1, 0.15) is 22.3 Å². The first kappa shape index (κ1) is 17.7. The summed E-state index contributed by atoms with van der Waals surface area (Å²) in [5.74, 6) is 0. The maximum absolute atomic E-state index is 2.19. The molecule has 0 heterocycles. The van der Waals surface area contributed by atoms with Crippen molar-refractivity contribution >= 4 is 0 Å². The molecular weight excluding hydrogens is 288 g/mol. The van der Waals surface area contributed by atoms with Crippen LogP contribution in [0.4, 0.5) is 0 Å². The van der Waals surface area contributed by atoms with Gasteiger partial charge in [0.15, 0.2) is 0 Å². The summed E-state index contributed by atoms with van der Waals surface area (Å²) in [5.41, 5.74) is 7.60. The van der Waals surface area contributed by atoms with Crippen molar-refractivity contribution in [3.8, 4) is 11.1 Å². The first-order chi connectivity index (χ1) is 11.6. The standard InChI is InChI=1S/C24H26/c1-19-13-10-11-16-23(17-12-15-20(19)2)24-18-9-7-5-6-8-14-21(3)22(24)4/h5-18H,1-4H3.